The van der Waals surface area contributed by atoms with Gasteiger partial charge in [0.15, 0.2) is 11.5 Å². The van der Waals surface area contributed by atoms with Crippen LogP contribution in [0.5, 0.6) is 0 Å². The molecule has 98 valence electrons. The Morgan fingerprint density at radius 1 is 0.600 bits per heavy atom. The third-order valence-electron chi connectivity index (χ3n) is 3.20. The zero-order valence-corrected chi connectivity index (χ0v) is 10.2. The molecule has 0 amide bonds. The quantitative estimate of drug-likeness (QED) is 0.479. The van der Waals surface area contributed by atoms with E-state index in [0.717, 1.165) is 0 Å². The molecule has 0 radical (unpaired) electrons. The fraction of sp³-hybridized carbons (Fsp3) is 0. The second-order valence-corrected chi connectivity index (χ2v) is 4.59. The summed E-state index contributed by atoms with van der Waals surface area (Å²) in [5.41, 5.74) is 1.15. The molecule has 0 fully saturated rings. The van der Waals surface area contributed by atoms with Crippen molar-refractivity contribution in [1.29, 1.82) is 0 Å². The third kappa shape index (κ3) is 1.69. The van der Waals surface area contributed by atoms with E-state index in [1.165, 1.54) is 24.3 Å². The van der Waals surface area contributed by atoms with Crippen molar-refractivity contribution in [3.8, 4) is 11.5 Å². The van der Waals surface area contributed by atoms with E-state index in [0.29, 0.717) is 33.5 Å². The second kappa shape index (κ2) is 3.93. The normalized spacial score (nSPS) is 11.5. The average Bonchev–Trinajstić information content (AvgIpc) is 3.00. The third-order valence-corrected chi connectivity index (χ3v) is 3.20. The predicted octanol–water partition coefficient (Wildman–Crippen LogP) is 5.12. The van der Waals surface area contributed by atoms with Crippen LogP contribution >= 0.6 is 0 Å². The Labute approximate surface area is 112 Å². The lowest BCUT2D eigenvalue weighted by Gasteiger charge is -1.88. The highest BCUT2D eigenvalue weighted by molar-refractivity contribution is 5.86. The van der Waals surface area contributed by atoms with Gasteiger partial charge in [0.25, 0.3) is 0 Å². The molecule has 2 nitrogen and oxygen atoms in total. The lowest BCUT2D eigenvalue weighted by atomic mass is 10.2. The molecule has 0 bridgehead atoms. The zero-order valence-electron chi connectivity index (χ0n) is 10.2. The van der Waals surface area contributed by atoms with E-state index in [1.54, 1.807) is 24.3 Å². The van der Waals surface area contributed by atoms with E-state index in [1.807, 2.05) is 0 Å². The molecule has 0 N–H and O–H groups in total. The Morgan fingerprint density at radius 2 is 1.05 bits per heavy atom. The highest BCUT2D eigenvalue weighted by atomic mass is 19.1. The summed E-state index contributed by atoms with van der Waals surface area (Å²) < 4.78 is 37.5. The second-order valence-electron chi connectivity index (χ2n) is 4.59. The molecule has 4 aromatic rings. The number of hydrogen-bond acceptors (Lipinski definition) is 2. The first-order valence-corrected chi connectivity index (χ1v) is 6.08. The van der Waals surface area contributed by atoms with Gasteiger partial charge in [-0.2, -0.15) is 0 Å². The van der Waals surface area contributed by atoms with E-state index in [-0.39, 0.29) is 11.6 Å². The monoisotopic (exact) mass is 270 g/mol. The minimum Gasteiger partial charge on any atom is -0.453 e. The molecule has 0 spiro atoms. The van der Waals surface area contributed by atoms with Crippen molar-refractivity contribution in [3.05, 3.63) is 60.2 Å². The van der Waals surface area contributed by atoms with E-state index in [2.05, 4.69) is 0 Å². The highest BCUT2D eigenvalue weighted by Gasteiger charge is 2.12. The van der Waals surface area contributed by atoms with Gasteiger partial charge < -0.3 is 8.83 Å². The summed E-state index contributed by atoms with van der Waals surface area (Å²) in [6.45, 7) is 0. The number of rotatable bonds is 1. The first kappa shape index (κ1) is 11.2. The summed E-state index contributed by atoms with van der Waals surface area (Å²) in [7, 11) is 0. The van der Waals surface area contributed by atoms with E-state index in [9.17, 15) is 8.78 Å². The van der Waals surface area contributed by atoms with Crippen LogP contribution in [0.2, 0.25) is 0 Å². The van der Waals surface area contributed by atoms with E-state index < -0.39 is 0 Å². The molecule has 0 aliphatic carbocycles. The summed E-state index contributed by atoms with van der Waals surface area (Å²) in [5, 5.41) is 1.32. The Hall–Kier alpha value is -2.62. The van der Waals surface area contributed by atoms with E-state index >= 15 is 0 Å². The molecule has 0 aliphatic rings. The maximum atomic E-state index is 13.2. The molecule has 4 rings (SSSR count). The molecular weight excluding hydrogens is 262 g/mol. The van der Waals surface area contributed by atoms with Gasteiger partial charge in [-0.15, -0.1) is 0 Å². The van der Waals surface area contributed by atoms with Gasteiger partial charge in [-0.05, 0) is 48.5 Å². The smallest absolute Gasteiger partial charge is 0.170 e. The summed E-state index contributed by atoms with van der Waals surface area (Å²) in [6.07, 6.45) is 0. The molecule has 2 aromatic heterocycles. The van der Waals surface area contributed by atoms with Gasteiger partial charge in [0.2, 0.25) is 0 Å². The summed E-state index contributed by atoms with van der Waals surface area (Å²) in [6, 6.07) is 12.0. The molecule has 0 aliphatic heterocycles. The first-order chi connectivity index (χ1) is 9.69. The first-order valence-electron chi connectivity index (χ1n) is 6.08. The van der Waals surface area contributed by atoms with Gasteiger partial charge in [0, 0.05) is 10.8 Å². The molecule has 20 heavy (non-hydrogen) atoms. The van der Waals surface area contributed by atoms with Crippen molar-refractivity contribution in [2.24, 2.45) is 0 Å². The minimum atomic E-state index is -0.323. The minimum absolute atomic E-state index is 0.323. The van der Waals surface area contributed by atoms with Crippen LogP contribution in [0.25, 0.3) is 33.5 Å². The summed E-state index contributed by atoms with van der Waals surface area (Å²) >= 11 is 0. The van der Waals surface area contributed by atoms with Crippen LogP contribution in [0, 0.1) is 11.6 Å². The maximum Gasteiger partial charge on any atom is 0.170 e. The van der Waals surface area contributed by atoms with Crippen LogP contribution in [0.4, 0.5) is 8.78 Å². The van der Waals surface area contributed by atoms with Gasteiger partial charge in [-0.25, -0.2) is 8.78 Å². The van der Waals surface area contributed by atoms with Crippen molar-refractivity contribution >= 4 is 21.9 Å². The molecule has 2 heterocycles. The molecular formula is C16H8F2O2. The summed E-state index contributed by atoms with van der Waals surface area (Å²) in [5.74, 6) is 0.331. The van der Waals surface area contributed by atoms with Gasteiger partial charge in [0.1, 0.15) is 22.8 Å². The largest absolute Gasteiger partial charge is 0.453 e. The Morgan fingerprint density at radius 3 is 1.50 bits per heavy atom. The Kier molecular flexibility index (Phi) is 2.21. The molecule has 4 heteroatoms. The molecule has 0 atom stereocenters. The van der Waals surface area contributed by atoms with Crippen LogP contribution in [0.15, 0.2) is 57.4 Å². The predicted molar refractivity (Wildman–Crippen MR) is 71.3 cm³/mol. The topological polar surface area (TPSA) is 26.3 Å². The van der Waals surface area contributed by atoms with Crippen molar-refractivity contribution < 1.29 is 17.6 Å². The average molecular weight is 270 g/mol. The van der Waals surface area contributed by atoms with Gasteiger partial charge >= 0.3 is 0 Å². The van der Waals surface area contributed by atoms with Crippen LogP contribution in [0.3, 0.4) is 0 Å². The van der Waals surface area contributed by atoms with Crippen LogP contribution in [-0.4, -0.2) is 0 Å². The molecule has 0 saturated carbocycles. The van der Waals surface area contributed by atoms with E-state index in [4.69, 9.17) is 8.83 Å². The SMILES string of the molecule is Fc1ccc2oc(-c3cc4cc(F)ccc4o3)cc2c1. The van der Waals surface area contributed by atoms with Crippen LogP contribution in [0.1, 0.15) is 0 Å². The number of fused-ring (bicyclic) bond motifs is 2. The fourth-order valence-corrected chi connectivity index (χ4v) is 2.27. The highest BCUT2D eigenvalue weighted by Crippen LogP contribution is 2.32. The van der Waals surface area contributed by atoms with Crippen molar-refractivity contribution in [3.63, 3.8) is 0 Å². The number of benzene rings is 2. The Bertz CT molecular complexity index is 856. The molecule has 2 aromatic carbocycles. The maximum absolute atomic E-state index is 13.2. The number of halogens is 2. The lowest BCUT2D eigenvalue weighted by Crippen LogP contribution is -1.68. The molecule has 0 saturated heterocycles. The lowest BCUT2D eigenvalue weighted by molar-refractivity contribution is 0.568. The van der Waals surface area contributed by atoms with Crippen molar-refractivity contribution in [1.82, 2.24) is 0 Å². The molecule has 0 unspecified atom stereocenters. The fourth-order valence-electron chi connectivity index (χ4n) is 2.27. The van der Waals surface area contributed by atoms with Gasteiger partial charge in [-0.1, -0.05) is 0 Å². The van der Waals surface area contributed by atoms with Gasteiger partial charge in [0.05, 0.1) is 0 Å². The Balaban J connectivity index is 1.91. The van der Waals surface area contributed by atoms with Crippen LogP contribution < -0.4 is 0 Å². The number of hydrogen-bond donors (Lipinski definition) is 0. The standard InChI is InChI=1S/C16H8F2O2/c17-11-1-3-13-9(5-11)7-15(19-13)16-8-10-6-12(18)2-4-14(10)20-16/h1-8H. The summed E-state index contributed by atoms with van der Waals surface area (Å²) in [4.78, 5) is 0. The van der Waals surface area contributed by atoms with Crippen molar-refractivity contribution in [2.75, 3.05) is 0 Å². The zero-order chi connectivity index (χ0) is 13.7. The number of furan rings is 2. The van der Waals surface area contributed by atoms with Crippen molar-refractivity contribution in [2.45, 2.75) is 0 Å². The van der Waals surface area contributed by atoms with Crippen LogP contribution in [-0.2, 0) is 0 Å². The van der Waals surface area contributed by atoms with Gasteiger partial charge in [-0.3, -0.25) is 0 Å².